The fourth-order valence-electron chi connectivity index (χ4n) is 1.74. The van der Waals surface area contributed by atoms with Crippen molar-refractivity contribution in [1.82, 2.24) is 0 Å². The number of carbonyl (C=O) groups is 1. The van der Waals surface area contributed by atoms with Gasteiger partial charge in [-0.25, -0.2) is 0 Å². The van der Waals surface area contributed by atoms with Gasteiger partial charge in [-0.1, -0.05) is 6.58 Å². The molecule has 0 fully saturated rings. The van der Waals surface area contributed by atoms with Gasteiger partial charge in [0, 0.05) is 5.57 Å². The standard InChI is InChI=1S/C12H25.C4H7NO.C2H6O3S.Na/c1-3-5-7-9-11-12-10-8-6-4-2;1-3(2)4(5)6;1-2-6(3,4)5;/h1,3-12H2,2H3;1H2,2H3,(H2,5,6);2H2,1H3,(H,3,4,5);. The maximum atomic E-state index is 9.82. The van der Waals surface area contributed by atoms with Gasteiger partial charge in [-0.05, 0) is 13.8 Å². The molecule has 146 valence electrons. The third-order valence-electron chi connectivity index (χ3n) is 3.49. The molecule has 7 heteroatoms. The van der Waals surface area contributed by atoms with Crippen molar-refractivity contribution < 1.29 is 17.8 Å². The van der Waals surface area contributed by atoms with Crippen molar-refractivity contribution in [2.45, 2.75) is 88.6 Å². The Balaban J connectivity index is -0.000000336. The zero-order valence-electron chi connectivity index (χ0n) is 16.8. The van der Waals surface area contributed by atoms with E-state index in [1.54, 1.807) is 6.92 Å². The number of hydrogen-bond donors (Lipinski definition) is 2. The quantitative estimate of drug-likeness (QED) is 0.224. The number of primary amides is 1. The van der Waals surface area contributed by atoms with E-state index < -0.39 is 16.0 Å². The van der Waals surface area contributed by atoms with Crippen molar-refractivity contribution in [3.8, 4) is 0 Å². The van der Waals surface area contributed by atoms with Crippen LogP contribution in [0.15, 0.2) is 12.2 Å². The molecule has 0 heterocycles. The van der Waals surface area contributed by atoms with E-state index in [0.717, 1.165) is 0 Å². The zero-order chi connectivity index (χ0) is 20.1. The van der Waals surface area contributed by atoms with E-state index >= 15 is 0 Å². The van der Waals surface area contributed by atoms with Gasteiger partial charge in [0.2, 0.25) is 5.91 Å². The smallest absolute Gasteiger partial charge is 0.264 e. The normalized spacial score (nSPS) is 10.2. The number of nitrogens with two attached hydrogens (primary N) is 1. The molecule has 0 aliphatic rings. The summed E-state index contributed by atoms with van der Waals surface area (Å²) in [6.45, 7) is 8.51. The second kappa shape index (κ2) is 22.2. The van der Waals surface area contributed by atoms with Gasteiger partial charge in [0.05, 0.1) is 5.75 Å². The molecule has 1 amide bonds. The molecular weight excluding hydrogens is 349 g/mol. The molecule has 0 spiro atoms. The van der Waals surface area contributed by atoms with Gasteiger partial charge in [-0.2, -0.15) is 8.42 Å². The average Bonchev–Trinajstić information content (AvgIpc) is 2.54. The summed E-state index contributed by atoms with van der Waals surface area (Å²) < 4.78 is 28.4. The van der Waals surface area contributed by atoms with Crippen molar-refractivity contribution >= 4 is 44.0 Å². The first kappa shape index (κ1) is 29.9. The first-order valence-corrected chi connectivity index (χ1v) is 12.5. The van der Waals surface area contributed by atoms with Gasteiger partial charge in [0.25, 0.3) is 10.1 Å². The minimum absolute atomic E-state index is 0.201. The van der Waals surface area contributed by atoms with Crippen LogP contribution in [0.4, 0.5) is 0 Å². The summed E-state index contributed by atoms with van der Waals surface area (Å²) in [5.74, 6) is -0.637. The van der Waals surface area contributed by atoms with Crippen LogP contribution in [0.3, 0.4) is 0 Å². The van der Waals surface area contributed by atoms with Crippen LogP contribution < -0.4 is 5.73 Å². The Kier molecular flexibility index (Phi) is 26.5. The van der Waals surface area contributed by atoms with Crippen LogP contribution in [0, 0.1) is 0 Å². The summed E-state index contributed by atoms with van der Waals surface area (Å²) in [5, 5.41) is 0. The van der Waals surface area contributed by atoms with Crippen molar-refractivity contribution in [3.63, 3.8) is 0 Å². The van der Waals surface area contributed by atoms with E-state index in [-0.39, 0.29) is 5.75 Å². The Labute approximate surface area is 173 Å². The van der Waals surface area contributed by atoms with E-state index in [1.807, 2.05) is 0 Å². The Bertz CT molecular complexity index is 389. The van der Waals surface area contributed by atoms with Gasteiger partial charge < -0.3 is 5.73 Å². The van der Waals surface area contributed by atoms with Crippen LogP contribution in [0.2, 0.25) is 3.67 Å². The maximum Gasteiger partial charge on any atom is 0.264 e. The largest absolute Gasteiger partial charge is 0.286 e. The third kappa shape index (κ3) is 40.3. The topological polar surface area (TPSA) is 97.5 Å². The van der Waals surface area contributed by atoms with E-state index in [0.29, 0.717) is 5.57 Å². The second-order valence-electron chi connectivity index (χ2n) is 6.20. The molecule has 0 radical (unpaired) electrons. The molecule has 0 bridgehead atoms. The summed E-state index contributed by atoms with van der Waals surface area (Å²) in [5.41, 5.74) is 5.09. The fraction of sp³-hybridized carbons (Fsp3) is 0.833. The summed E-state index contributed by atoms with van der Waals surface area (Å²) in [7, 11) is -3.66. The minimum atomic E-state index is -3.66. The molecule has 0 aromatic rings. The molecule has 0 unspecified atom stereocenters. The summed E-state index contributed by atoms with van der Waals surface area (Å²) in [6, 6.07) is 0. The zero-order valence-corrected chi connectivity index (χ0v) is 19.7. The fourth-order valence-corrected chi connectivity index (χ4v) is 2.24. The molecule has 0 aromatic heterocycles. The monoisotopic (exact) mass is 387 g/mol. The average molecular weight is 388 g/mol. The van der Waals surface area contributed by atoms with Gasteiger partial charge >= 0.3 is 103 Å². The summed E-state index contributed by atoms with van der Waals surface area (Å²) in [4.78, 5) is 9.82. The molecule has 0 rings (SSSR count). The predicted molar refractivity (Wildman–Crippen MR) is 109 cm³/mol. The molecule has 0 atom stereocenters. The SMILES string of the molecule is C=C(C)C(N)=O.CCCCCCCCCCC[CH2][Na].CCS(=O)(=O)O. The van der Waals surface area contributed by atoms with Crippen LogP contribution in [0.1, 0.15) is 85.0 Å². The molecule has 25 heavy (non-hydrogen) atoms. The van der Waals surface area contributed by atoms with E-state index in [2.05, 4.69) is 13.5 Å². The van der Waals surface area contributed by atoms with E-state index in [9.17, 15) is 13.2 Å². The molecule has 0 saturated heterocycles. The predicted octanol–water partition coefficient (Wildman–Crippen LogP) is 4.44. The third-order valence-corrected chi connectivity index (χ3v) is 4.93. The molecule has 0 aliphatic heterocycles. The first-order valence-electron chi connectivity index (χ1n) is 9.52. The van der Waals surface area contributed by atoms with Gasteiger partial charge in [0.15, 0.2) is 0 Å². The van der Waals surface area contributed by atoms with Crippen molar-refractivity contribution in [2.24, 2.45) is 5.73 Å². The van der Waals surface area contributed by atoms with Crippen molar-refractivity contribution in [3.05, 3.63) is 12.2 Å². The molecule has 0 saturated carbocycles. The van der Waals surface area contributed by atoms with Gasteiger partial charge in [-0.15, -0.1) is 0 Å². The maximum absolute atomic E-state index is 9.82. The van der Waals surface area contributed by atoms with E-state index in [1.165, 1.54) is 103 Å². The van der Waals surface area contributed by atoms with Crippen molar-refractivity contribution in [1.29, 1.82) is 0 Å². The number of carbonyl (C=O) groups excluding carboxylic acids is 1. The summed E-state index contributed by atoms with van der Waals surface area (Å²) >= 11 is 1.41. The van der Waals surface area contributed by atoms with E-state index in [4.69, 9.17) is 10.3 Å². The first-order chi connectivity index (χ1) is 11.6. The van der Waals surface area contributed by atoms with Crippen LogP contribution >= 0.6 is 0 Å². The Morgan fingerprint density at radius 3 is 1.44 bits per heavy atom. The molecule has 0 aliphatic carbocycles. The van der Waals surface area contributed by atoms with Crippen LogP contribution in [-0.4, -0.2) is 52.6 Å². The number of hydrogen-bond acceptors (Lipinski definition) is 3. The Morgan fingerprint density at radius 1 is 0.960 bits per heavy atom. The molecule has 0 aromatic carbocycles. The second-order valence-corrected chi connectivity index (χ2v) is 8.94. The molecule has 5 nitrogen and oxygen atoms in total. The number of rotatable bonds is 12. The van der Waals surface area contributed by atoms with Crippen LogP contribution in [0.25, 0.3) is 0 Å². The Hall–Kier alpha value is 0.120. The summed E-state index contributed by atoms with van der Waals surface area (Å²) in [6.07, 6.45) is 14.7. The molecule has 3 N–H and O–H groups in total. The van der Waals surface area contributed by atoms with Crippen LogP contribution in [0.5, 0.6) is 0 Å². The molecular formula is C18H38NNaO4S. The Morgan fingerprint density at radius 2 is 1.24 bits per heavy atom. The van der Waals surface area contributed by atoms with Gasteiger partial charge in [-0.3, -0.25) is 9.35 Å². The number of unbranched alkanes of at least 4 members (excludes halogenated alkanes) is 9. The minimum Gasteiger partial charge on any atom is -0.286 e. The van der Waals surface area contributed by atoms with Gasteiger partial charge in [0.1, 0.15) is 0 Å². The van der Waals surface area contributed by atoms with Crippen molar-refractivity contribution in [2.75, 3.05) is 5.75 Å². The van der Waals surface area contributed by atoms with Crippen LogP contribution in [-0.2, 0) is 14.9 Å². The number of amides is 1.